The van der Waals surface area contributed by atoms with Crippen molar-refractivity contribution in [1.82, 2.24) is 5.43 Å². The van der Waals surface area contributed by atoms with Crippen LogP contribution in [0.25, 0.3) is 0 Å². The van der Waals surface area contributed by atoms with Gasteiger partial charge in [-0.25, -0.2) is 5.43 Å². The second-order valence-corrected chi connectivity index (χ2v) is 7.18. The largest absolute Gasteiger partial charge is 0.494 e. The number of thioether (sulfide) groups is 1. The number of carbonyl (C=O) groups excluding carboxylic acids is 1. The quantitative estimate of drug-likeness (QED) is 0.482. The summed E-state index contributed by atoms with van der Waals surface area (Å²) in [5.74, 6) is 1.46. The minimum Gasteiger partial charge on any atom is -0.494 e. The predicted octanol–water partition coefficient (Wildman–Crippen LogP) is 5.17. The number of benzene rings is 2. The van der Waals surface area contributed by atoms with Crippen molar-refractivity contribution in [2.24, 2.45) is 5.10 Å². The van der Waals surface area contributed by atoms with Crippen LogP contribution < -0.4 is 10.2 Å². The lowest BCUT2D eigenvalue weighted by Gasteiger charge is -2.07. The minimum absolute atomic E-state index is 0.177. The third-order valence-electron chi connectivity index (χ3n) is 3.47. The van der Waals surface area contributed by atoms with Gasteiger partial charge in [0.05, 0.1) is 18.1 Å². The van der Waals surface area contributed by atoms with Crippen LogP contribution in [-0.2, 0) is 10.5 Å². The molecule has 0 fully saturated rings. The van der Waals surface area contributed by atoms with Gasteiger partial charge in [0, 0.05) is 15.8 Å². The van der Waals surface area contributed by atoms with Gasteiger partial charge in [-0.05, 0) is 61.4 Å². The van der Waals surface area contributed by atoms with Gasteiger partial charge in [-0.1, -0.05) is 29.3 Å². The third kappa shape index (κ3) is 6.24. The number of ether oxygens (including phenoxy) is 1. The Kier molecular flexibility index (Phi) is 8.29. The number of nitrogens with one attached hydrogen (secondary N) is 1. The van der Waals surface area contributed by atoms with E-state index in [0.717, 1.165) is 22.6 Å². The highest BCUT2D eigenvalue weighted by atomic mass is 35.5. The monoisotopic (exact) mass is 410 g/mol. The zero-order valence-electron chi connectivity index (χ0n) is 14.6. The van der Waals surface area contributed by atoms with Gasteiger partial charge in [0.25, 0.3) is 0 Å². The highest BCUT2D eigenvalue weighted by Gasteiger charge is 2.07. The highest BCUT2D eigenvalue weighted by Crippen LogP contribution is 2.28. The molecular formula is C19H20Cl2N2O2S. The van der Waals surface area contributed by atoms with Crippen LogP contribution in [0.5, 0.6) is 5.75 Å². The van der Waals surface area contributed by atoms with E-state index >= 15 is 0 Å². The summed E-state index contributed by atoms with van der Waals surface area (Å²) in [5.41, 5.74) is 5.05. The predicted molar refractivity (Wildman–Crippen MR) is 111 cm³/mol. The number of hydrazone groups is 1. The van der Waals surface area contributed by atoms with Gasteiger partial charge in [-0.15, -0.1) is 11.8 Å². The maximum Gasteiger partial charge on any atom is 0.250 e. The van der Waals surface area contributed by atoms with E-state index in [9.17, 15) is 4.79 Å². The summed E-state index contributed by atoms with van der Waals surface area (Å²) < 4.78 is 5.41. The summed E-state index contributed by atoms with van der Waals surface area (Å²) in [7, 11) is 0. The maximum absolute atomic E-state index is 12.0. The van der Waals surface area contributed by atoms with Gasteiger partial charge < -0.3 is 4.74 Å². The van der Waals surface area contributed by atoms with Gasteiger partial charge in [0.1, 0.15) is 5.75 Å². The Morgan fingerprint density at radius 1 is 1.15 bits per heavy atom. The number of rotatable bonds is 8. The Hall–Kier alpha value is -1.69. The lowest BCUT2D eigenvalue weighted by atomic mass is 10.1. The fourth-order valence-electron chi connectivity index (χ4n) is 2.12. The molecule has 138 valence electrons. The van der Waals surface area contributed by atoms with Crippen molar-refractivity contribution in [2.75, 3.05) is 12.4 Å². The zero-order valence-corrected chi connectivity index (χ0v) is 16.9. The van der Waals surface area contributed by atoms with Crippen LogP contribution >= 0.6 is 35.0 Å². The molecule has 0 saturated carbocycles. The van der Waals surface area contributed by atoms with Crippen molar-refractivity contribution in [3.8, 4) is 5.75 Å². The Labute approximate surface area is 167 Å². The molecule has 2 aromatic carbocycles. The van der Waals surface area contributed by atoms with Crippen molar-refractivity contribution in [1.29, 1.82) is 0 Å². The minimum atomic E-state index is -0.177. The molecule has 0 radical (unpaired) electrons. The number of halogens is 2. The Bertz CT molecular complexity index is 759. The van der Waals surface area contributed by atoms with Crippen LogP contribution in [0.15, 0.2) is 47.6 Å². The summed E-state index contributed by atoms with van der Waals surface area (Å²) >= 11 is 13.7. The molecule has 0 aliphatic heterocycles. The first kappa shape index (κ1) is 20.6. The molecule has 4 nitrogen and oxygen atoms in total. The Morgan fingerprint density at radius 3 is 2.42 bits per heavy atom. The average Bonchev–Trinajstić information content (AvgIpc) is 2.63. The maximum atomic E-state index is 12.0. The Balaban J connectivity index is 1.82. The van der Waals surface area contributed by atoms with Gasteiger partial charge in [0.15, 0.2) is 0 Å². The second kappa shape index (κ2) is 10.5. The fourth-order valence-corrected chi connectivity index (χ4v) is 3.67. The number of nitrogens with zero attached hydrogens (tertiary/aromatic N) is 1. The molecular weight excluding hydrogens is 391 g/mol. The third-order valence-corrected chi connectivity index (χ3v) is 5.14. The molecule has 0 saturated heterocycles. The summed E-state index contributed by atoms with van der Waals surface area (Å²) in [6.45, 7) is 4.40. The smallest absolute Gasteiger partial charge is 0.250 e. The molecule has 1 N–H and O–H groups in total. The van der Waals surface area contributed by atoms with E-state index < -0.39 is 0 Å². The molecule has 0 heterocycles. The number of hydrogen-bond acceptors (Lipinski definition) is 4. The molecule has 7 heteroatoms. The first-order valence-electron chi connectivity index (χ1n) is 8.08. The molecule has 0 bridgehead atoms. The summed E-state index contributed by atoms with van der Waals surface area (Å²) in [6, 6.07) is 12.9. The molecule has 0 aliphatic carbocycles. The summed E-state index contributed by atoms with van der Waals surface area (Å²) in [4.78, 5) is 12.0. The lowest BCUT2D eigenvalue weighted by molar-refractivity contribution is -0.118. The molecule has 0 unspecified atom stereocenters. The standard InChI is InChI=1S/C19H20Cl2N2O2S/c1-3-25-15-9-7-14(8-10-15)13(2)22-23-19(24)12-26-11-16-17(20)5-4-6-18(16)21/h4-10H,3,11-12H2,1-2H3,(H,23,24)/b22-13-. The molecule has 2 aromatic rings. The van der Waals surface area contributed by atoms with Crippen LogP contribution in [0.4, 0.5) is 0 Å². The SMILES string of the molecule is CCOc1ccc(/C(C)=N\NC(=O)CSCc2c(Cl)cccc2Cl)cc1. The first-order chi connectivity index (χ1) is 12.5. The average molecular weight is 411 g/mol. The van der Waals surface area contributed by atoms with Crippen LogP contribution in [0.3, 0.4) is 0 Å². The van der Waals surface area contributed by atoms with Crippen molar-refractivity contribution in [3.63, 3.8) is 0 Å². The Morgan fingerprint density at radius 2 is 1.81 bits per heavy atom. The van der Waals surface area contributed by atoms with E-state index in [0.29, 0.717) is 22.4 Å². The normalized spacial score (nSPS) is 11.3. The van der Waals surface area contributed by atoms with Gasteiger partial charge in [-0.2, -0.15) is 5.10 Å². The van der Waals surface area contributed by atoms with Crippen molar-refractivity contribution in [2.45, 2.75) is 19.6 Å². The number of amides is 1. The molecule has 26 heavy (non-hydrogen) atoms. The van der Waals surface area contributed by atoms with Crippen molar-refractivity contribution < 1.29 is 9.53 Å². The molecule has 0 spiro atoms. The molecule has 0 aromatic heterocycles. The van der Waals surface area contributed by atoms with Crippen LogP contribution in [0.1, 0.15) is 25.0 Å². The van der Waals surface area contributed by atoms with E-state index in [1.165, 1.54) is 11.8 Å². The van der Waals surface area contributed by atoms with E-state index in [1.54, 1.807) is 18.2 Å². The zero-order chi connectivity index (χ0) is 18.9. The van der Waals surface area contributed by atoms with E-state index in [1.807, 2.05) is 38.1 Å². The molecule has 1 amide bonds. The van der Waals surface area contributed by atoms with E-state index in [2.05, 4.69) is 10.5 Å². The van der Waals surface area contributed by atoms with Crippen molar-refractivity contribution >= 4 is 46.6 Å². The van der Waals surface area contributed by atoms with Crippen molar-refractivity contribution in [3.05, 3.63) is 63.6 Å². The molecule has 2 rings (SSSR count). The van der Waals surface area contributed by atoms with Crippen LogP contribution in [0, 0.1) is 0 Å². The van der Waals surface area contributed by atoms with Gasteiger partial charge >= 0.3 is 0 Å². The summed E-state index contributed by atoms with van der Waals surface area (Å²) in [5, 5.41) is 5.35. The topological polar surface area (TPSA) is 50.7 Å². The van der Waals surface area contributed by atoms with Crippen LogP contribution in [-0.4, -0.2) is 24.0 Å². The number of carbonyl (C=O) groups is 1. The second-order valence-electron chi connectivity index (χ2n) is 5.38. The van der Waals surface area contributed by atoms with E-state index in [-0.39, 0.29) is 11.7 Å². The lowest BCUT2D eigenvalue weighted by Crippen LogP contribution is -2.21. The van der Waals surface area contributed by atoms with E-state index in [4.69, 9.17) is 27.9 Å². The first-order valence-corrected chi connectivity index (χ1v) is 9.99. The van der Waals surface area contributed by atoms with Gasteiger partial charge in [0.2, 0.25) is 5.91 Å². The molecule has 0 atom stereocenters. The summed E-state index contributed by atoms with van der Waals surface area (Å²) in [6.07, 6.45) is 0. The molecule has 0 aliphatic rings. The van der Waals surface area contributed by atoms with Gasteiger partial charge in [-0.3, -0.25) is 4.79 Å². The van der Waals surface area contributed by atoms with Crippen LogP contribution in [0.2, 0.25) is 10.0 Å². The number of hydrogen-bond donors (Lipinski definition) is 1. The highest BCUT2D eigenvalue weighted by molar-refractivity contribution is 7.99. The fraction of sp³-hybridized carbons (Fsp3) is 0.263.